The van der Waals surface area contributed by atoms with Gasteiger partial charge in [0.15, 0.2) is 0 Å². The first-order valence-electron chi connectivity index (χ1n) is 4.98. The van der Waals surface area contributed by atoms with Crippen molar-refractivity contribution in [1.29, 1.82) is 0 Å². The van der Waals surface area contributed by atoms with Crippen LogP contribution in [-0.4, -0.2) is 36.3 Å². The van der Waals surface area contributed by atoms with E-state index in [2.05, 4.69) is 20.8 Å². The van der Waals surface area contributed by atoms with Gasteiger partial charge in [-0.1, -0.05) is 20.8 Å². The number of esters is 1. The summed E-state index contributed by atoms with van der Waals surface area (Å²) in [4.78, 5) is 16.7. The van der Waals surface area contributed by atoms with Gasteiger partial charge in [0.25, 0.3) is 0 Å². The number of rotatable bonds is 0. The standard InChI is InChI=1S/C10H17NO3/c1-10(2,3)9-8-6(14-11(9)4)5-7(12)13-8/h6,8-9H,5H2,1-4H3/t6-,8+,9-/m1/s1. The van der Waals surface area contributed by atoms with E-state index in [0.29, 0.717) is 6.42 Å². The van der Waals surface area contributed by atoms with Crippen molar-refractivity contribution >= 4 is 5.97 Å². The number of hydrogen-bond donors (Lipinski definition) is 0. The van der Waals surface area contributed by atoms with Crippen molar-refractivity contribution in [2.45, 2.75) is 45.4 Å². The molecule has 0 radical (unpaired) electrons. The van der Waals surface area contributed by atoms with E-state index in [1.807, 2.05) is 12.1 Å². The van der Waals surface area contributed by atoms with Crippen LogP contribution in [0.3, 0.4) is 0 Å². The smallest absolute Gasteiger partial charge is 0.309 e. The third-order valence-corrected chi connectivity index (χ3v) is 2.89. The summed E-state index contributed by atoms with van der Waals surface area (Å²) >= 11 is 0. The number of likely N-dealkylation sites (N-methyl/N-ethyl adjacent to an activating group) is 1. The predicted octanol–water partition coefficient (Wildman–Crippen LogP) is 0.962. The lowest BCUT2D eigenvalue weighted by molar-refractivity contribution is -0.166. The van der Waals surface area contributed by atoms with Crippen LogP contribution in [0.1, 0.15) is 27.2 Å². The molecule has 2 aliphatic rings. The van der Waals surface area contributed by atoms with E-state index in [4.69, 9.17) is 9.57 Å². The molecule has 0 amide bonds. The average molecular weight is 199 g/mol. The molecule has 0 aliphatic carbocycles. The van der Waals surface area contributed by atoms with Crippen LogP contribution < -0.4 is 0 Å². The highest BCUT2D eigenvalue weighted by atomic mass is 16.7. The highest BCUT2D eigenvalue weighted by Gasteiger charge is 2.53. The topological polar surface area (TPSA) is 38.8 Å². The summed E-state index contributed by atoms with van der Waals surface area (Å²) in [5.41, 5.74) is 0.0544. The quantitative estimate of drug-likeness (QED) is 0.545. The van der Waals surface area contributed by atoms with E-state index in [-0.39, 0.29) is 29.6 Å². The zero-order valence-electron chi connectivity index (χ0n) is 9.11. The number of ether oxygens (including phenoxy) is 1. The first-order chi connectivity index (χ1) is 6.39. The van der Waals surface area contributed by atoms with Crippen LogP contribution in [0.15, 0.2) is 0 Å². The van der Waals surface area contributed by atoms with Gasteiger partial charge < -0.3 is 4.74 Å². The summed E-state index contributed by atoms with van der Waals surface area (Å²) in [5, 5.41) is 1.84. The summed E-state index contributed by atoms with van der Waals surface area (Å²) in [7, 11) is 1.90. The minimum Gasteiger partial charge on any atom is -0.458 e. The molecule has 2 aliphatic heterocycles. The van der Waals surface area contributed by atoms with E-state index < -0.39 is 0 Å². The van der Waals surface area contributed by atoms with Crippen LogP contribution >= 0.6 is 0 Å². The average Bonchev–Trinajstić information content (AvgIpc) is 2.38. The predicted molar refractivity (Wildman–Crippen MR) is 50.4 cm³/mol. The van der Waals surface area contributed by atoms with Gasteiger partial charge in [-0.05, 0) is 5.41 Å². The Morgan fingerprint density at radius 1 is 1.43 bits per heavy atom. The molecular weight excluding hydrogens is 182 g/mol. The van der Waals surface area contributed by atoms with E-state index in [1.165, 1.54) is 0 Å². The number of hydrogen-bond acceptors (Lipinski definition) is 4. The van der Waals surface area contributed by atoms with Gasteiger partial charge in [-0.15, -0.1) is 0 Å². The van der Waals surface area contributed by atoms with Gasteiger partial charge in [-0.3, -0.25) is 9.63 Å². The van der Waals surface area contributed by atoms with Crippen LogP contribution in [0.2, 0.25) is 0 Å². The van der Waals surface area contributed by atoms with E-state index in [0.717, 1.165) is 0 Å². The first kappa shape index (κ1) is 9.93. The lowest BCUT2D eigenvalue weighted by Crippen LogP contribution is -2.44. The maximum absolute atomic E-state index is 11.1. The second-order valence-corrected chi connectivity index (χ2v) is 5.16. The number of carbonyl (C=O) groups is 1. The molecule has 0 aromatic heterocycles. The molecule has 0 N–H and O–H groups in total. The molecule has 0 bridgehead atoms. The largest absolute Gasteiger partial charge is 0.458 e. The Hall–Kier alpha value is -0.610. The van der Waals surface area contributed by atoms with Crippen molar-refractivity contribution < 1.29 is 14.4 Å². The van der Waals surface area contributed by atoms with Gasteiger partial charge in [-0.25, -0.2) is 0 Å². The number of fused-ring (bicyclic) bond motifs is 1. The van der Waals surface area contributed by atoms with Crippen LogP contribution in [0, 0.1) is 5.41 Å². The molecule has 3 atom stereocenters. The fourth-order valence-electron chi connectivity index (χ4n) is 2.45. The van der Waals surface area contributed by atoms with Gasteiger partial charge in [-0.2, -0.15) is 5.06 Å². The monoisotopic (exact) mass is 199 g/mol. The number of hydroxylamine groups is 2. The second-order valence-electron chi connectivity index (χ2n) is 5.16. The van der Waals surface area contributed by atoms with Crippen LogP contribution in [-0.2, 0) is 14.4 Å². The van der Waals surface area contributed by atoms with Gasteiger partial charge in [0.2, 0.25) is 0 Å². The summed E-state index contributed by atoms with van der Waals surface area (Å²) in [5.74, 6) is -0.137. The maximum atomic E-state index is 11.1. The van der Waals surface area contributed by atoms with Gasteiger partial charge >= 0.3 is 5.97 Å². The van der Waals surface area contributed by atoms with Crippen molar-refractivity contribution in [2.24, 2.45) is 5.41 Å². The van der Waals surface area contributed by atoms with Crippen LogP contribution in [0.25, 0.3) is 0 Å². The number of carbonyl (C=O) groups excluding carboxylic acids is 1. The van der Waals surface area contributed by atoms with Crippen LogP contribution in [0.5, 0.6) is 0 Å². The summed E-state index contributed by atoms with van der Waals surface area (Å²) in [6.07, 6.45) is 0.228. The van der Waals surface area contributed by atoms with E-state index in [9.17, 15) is 4.79 Å². The molecule has 4 nitrogen and oxygen atoms in total. The van der Waals surface area contributed by atoms with Crippen molar-refractivity contribution in [1.82, 2.24) is 5.06 Å². The molecule has 4 heteroatoms. The lowest BCUT2D eigenvalue weighted by Gasteiger charge is -2.33. The minimum absolute atomic E-state index is 0.0544. The molecule has 2 heterocycles. The zero-order chi connectivity index (χ0) is 10.5. The van der Waals surface area contributed by atoms with Crippen molar-refractivity contribution in [2.75, 3.05) is 7.05 Å². The molecule has 0 aromatic carbocycles. The second kappa shape index (κ2) is 2.94. The van der Waals surface area contributed by atoms with Gasteiger partial charge in [0.1, 0.15) is 12.2 Å². The Balaban J connectivity index is 2.20. The lowest BCUT2D eigenvalue weighted by atomic mass is 9.82. The third kappa shape index (κ3) is 1.42. The fourth-order valence-corrected chi connectivity index (χ4v) is 2.45. The highest BCUT2D eigenvalue weighted by Crippen LogP contribution is 2.39. The molecule has 2 rings (SSSR count). The van der Waals surface area contributed by atoms with Gasteiger partial charge in [0.05, 0.1) is 12.5 Å². The van der Waals surface area contributed by atoms with E-state index in [1.54, 1.807) is 0 Å². The zero-order valence-corrected chi connectivity index (χ0v) is 9.11. The summed E-state index contributed by atoms with van der Waals surface area (Å²) in [6, 6.07) is 0.152. The van der Waals surface area contributed by atoms with Crippen molar-refractivity contribution in [3.05, 3.63) is 0 Å². The molecule has 2 saturated heterocycles. The van der Waals surface area contributed by atoms with Crippen molar-refractivity contribution in [3.8, 4) is 0 Å². The number of nitrogens with zero attached hydrogens (tertiary/aromatic N) is 1. The molecule has 0 aromatic rings. The third-order valence-electron chi connectivity index (χ3n) is 2.89. The normalized spacial score (nSPS) is 38.6. The molecule has 14 heavy (non-hydrogen) atoms. The Morgan fingerprint density at radius 2 is 2.07 bits per heavy atom. The Morgan fingerprint density at radius 3 is 2.64 bits per heavy atom. The highest BCUT2D eigenvalue weighted by molar-refractivity contribution is 5.72. The van der Waals surface area contributed by atoms with Crippen LogP contribution in [0.4, 0.5) is 0 Å². The molecule has 0 saturated carbocycles. The Labute approximate surface area is 84.1 Å². The minimum atomic E-state index is -0.137. The molecule has 0 spiro atoms. The molecular formula is C10H17NO3. The van der Waals surface area contributed by atoms with Crippen molar-refractivity contribution in [3.63, 3.8) is 0 Å². The Kier molecular flexibility index (Phi) is 2.08. The van der Waals surface area contributed by atoms with Gasteiger partial charge in [0, 0.05) is 7.05 Å². The summed E-state index contributed by atoms with van der Waals surface area (Å²) in [6.45, 7) is 6.39. The Bertz CT molecular complexity index is 259. The SMILES string of the molecule is CN1O[C@@H]2CC(=O)O[C@@H]2[C@@H]1C(C)(C)C. The fraction of sp³-hybridized carbons (Fsp3) is 0.900. The maximum Gasteiger partial charge on any atom is 0.309 e. The molecule has 0 unspecified atom stereocenters. The first-order valence-corrected chi connectivity index (χ1v) is 4.98. The summed E-state index contributed by atoms with van der Waals surface area (Å²) < 4.78 is 5.29. The molecule has 2 fully saturated rings. The van der Waals surface area contributed by atoms with E-state index >= 15 is 0 Å². The molecule has 80 valence electrons.